The zero-order valence-corrected chi connectivity index (χ0v) is 11.7. The Bertz CT molecular complexity index is 419. The Hall–Kier alpha value is -1.35. The highest BCUT2D eigenvalue weighted by Gasteiger charge is 2.31. The van der Waals surface area contributed by atoms with Gasteiger partial charge >= 0.3 is 0 Å². The van der Waals surface area contributed by atoms with E-state index in [1.165, 1.54) is 5.56 Å². The van der Waals surface area contributed by atoms with Crippen LogP contribution in [0.15, 0.2) is 24.3 Å². The maximum atomic E-state index is 12.0. The van der Waals surface area contributed by atoms with Crippen molar-refractivity contribution in [3.8, 4) is 0 Å². The molecule has 0 aliphatic heterocycles. The van der Waals surface area contributed by atoms with Crippen molar-refractivity contribution >= 4 is 11.6 Å². The van der Waals surface area contributed by atoms with Crippen molar-refractivity contribution in [2.75, 3.05) is 5.32 Å². The van der Waals surface area contributed by atoms with E-state index in [0.717, 1.165) is 44.2 Å². The molecule has 1 saturated carbocycles. The summed E-state index contributed by atoms with van der Waals surface area (Å²) in [6, 6.07) is 8.10. The van der Waals surface area contributed by atoms with E-state index in [1.54, 1.807) is 0 Å². The highest BCUT2D eigenvalue weighted by atomic mass is 16.1. The van der Waals surface area contributed by atoms with Crippen LogP contribution in [0, 0.1) is 0 Å². The fourth-order valence-electron chi connectivity index (χ4n) is 2.82. The van der Waals surface area contributed by atoms with E-state index in [1.807, 2.05) is 12.1 Å². The van der Waals surface area contributed by atoms with Gasteiger partial charge in [0.1, 0.15) is 0 Å². The number of nitrogens with two attached hydrogens (primary N) is 1. The molecule has 1 fully saturated rings. The molecule has 104 valence electrons. The number of amides is 1. The van der Waals surface area contributed by atoms with Crippen molar-refractivity contribution < 1.29 is 4.79 Å². The van der Waals surface area contributed by atoms with Gasteiger partial charge in [0.25, 0.3) is 0 Å². The first kappa shape index (κ1) is 14.1. The molecule has 0 radical (unpaired) electrons. The molecule has 0 bridgehead atoms. The summed E-state index contributed by atoms with van der Waals surface area (Å²) in [6.45, 7) is 2.16. The quantitative estimate of drug-likeness (QED) is 0.854. The summed E-state index contributed by atoms with van der Waals surface area (Å²) < 4.78 is 0. The molecule has 19 heavy (non-hydrogen) atoms. The Kier molecular flexibility index (Phi) is 4.59. The highest BCUT2D eigenvalue weighted by molar-refractivity contribution is 5.91. The molecule has 0 spiro atoms. The number of aryl methyl sites for hydroxylation is 1. The van der Waals surface area contributed by atoms with E-state index in [2.05, 4.69) is 24.4 Å². The van der Waals surface area contributed by atoms with Crippen molar-refractivity contribution in [1.82, 2.24) is 0 Å². The molecule has 1 amide bonds. The Balaban J connectivity index is 1.87. The minimum absolute atomic E-state index is 0.0349. The monoisotopic (exact) mass is 260 g/mol. The van der Waals surface area contributed by atoms with E-state index in [9.17, 15) is 4.79 Å². The van der Waals surface area contributed by atoms with Crippen molar-refractivity contribution in [3.05, 3.63) is 29.8 Å². The maximum absolute atomic E-state index is 12.0. The van der Waals surface area contributed by atoms with Crippen LogP contribution in [0.4, 0.5) is 5.69 Å². The van der Waals surface area contributed by atoms with Crippen LogP contribution in [0.5, 0.6) is 0 Å². The summed E-state index contributed by atoms with van der Waals surface area (Å²) in [5.41, 5.74) is 8.12. The van der Waals surface area contributed by atoms with E-state index >= 15 is 0 Å². The number of hydrogen-bond donors (Lipinski definition) is 2. The first-order chi connectivity index (χ1) is 9.11. The third-order valence-corrected chi connectivity index (χ3v) is 3.89. The third kappa shape index (κ3) is 4.06. The first-order valence-corrected chi connectivity index (χ1v) is 7.29. The lowest BCUT2D eigenvalue weighted by molar-refractivity contribution is -0.117. The molecule has 1 aliphatic carbocycles. The molecule has 1 aliphatic rings. The number of hydrogen-bond acceptors (Lipinski definition) is 2. The van der Waals surface area contributed by atoms with Gasteiger partial charge in [0.05, 0.1) is 0 Å². The van der Waals surface area contributed by atoms with E-state index in [-0.39, 0.29) is 11.4 Å². The summed E-state index contributed by atoms with van der Waals surface area (Å²) in [6.07, 6.45) is 6.89. The lowest BCUT2D eigenvalue weighted by atomic mass is 9.94. The number of benzene rings is 1. The van der Waals surface area contributed by atoms with Gasteiger partial charge < -0.3 is 11.1 Å². The second-order valence-corrected chi connectivity index (χ2v) is 5.74. The molecule has 0 aromatic heterocycles. The van der Waals surface area contributed by atoms with E-state index in [4.69, 9.17) is 5.73 Å². The molecule has 0 saturated heterocycles. The average molecular weight is 260 g/mol. The maximum Gasteiger partial charge on any atom is 0.226 e. The molecule has 3 N–H and O–H groups in total. The summed E-state index contributed by atoms with van der Waals surface area (Å²) in [5, 5.41) is 2.94. The SMILES string of the molecule is CCCc1ccc(NC(=O)CC2(N)CCCC2)cc1. The zero-order valence-electron chi connectivity index (χ0n) is 11.7. The van der Waals surface area contributed by atoms with Gasteiger partial charge in [-0.05, 0) is 37.0 Å². The molecule has 0 heterocycles. The van der Waals surface area contributed by atoms with Crippen molar-refractivity contribution in [2.45, 2.75) is 57.4 Å². The van der Waals surface area contributed by atoms with Crippen LogP contribution in [0.1, 0.15) is 51.0 Å². The van der Waals surface area contributed by atoms with Crippen LogP contribution in [0.2, 0.25) is 0 Å². The predicted octanol–water partition coefficient (Wildman–Crippen LogP) is 3.24. The summed E-state index contributed by atoms with van der Waals surface area (Å²) >= 11 is 0. The van der Waals surface area contributed by atoms with E-state index in [0.29, 0.717) is 6.42 Å². The van der Waals surface area contributed by atoms with Gasteiger partial charge in [0.2, 0.25) is 5.91 Å². The van der Waals surface area contributed by atoms with Crippen LogP contribution < -0.4 is 11.1 Å². The van der Waals surface area contributed by atoms with Crippen LogP contribution in [-0.2, 0) is 11.2 Å². The van der Waals surface area contributed by atoms with Crippen molar-refractivity contribution in [1.29, 1.82) is 0 Å². The van der Waals surface area contributed by atoms with Gasteiger partial charge in [-0.1, -0.05) is 38.3 Å². The molecule has 0 unspecified atom stereocenters. The van der Waals surface area contributed by atoms with Gasteiger partial charge in [-0.2, -0.15) is 0 Å². The standard InChI is InChI=1S/C16H24N2O/c1-2-5-13-6-8-14(9-7-13)18-15(19)12-16(17)10-3-4-11-16/h6-9H,2-5,10-12,17H2,1H3,(H,18,19). The van der Waals surface area contributed by atoms with Crippen LogP contribution >= 0.6 is 0 Å². The predicted molar refractivity (Wildman–Crippen MR) is 79.1 cm³/mol. The average Bonchev–Trinajstić information content (AvgIpc) is 2.78. The first-order valence-electron chi connectivity index (χ1n) is 7.29. The number of carbonyl (C=O) groups excluding carboxylic acids is 1. The molecule has 1 aromatic rings. The minimum Gasteiger partial charge on any atom is -0.326 e. The Morgan fingerprint density at radius 2 is 1.89 bits per heavy atom. The topological polar surface area (TPSA) is 55.1 Å². The fourth-order valence-corrected chi connectivity index (χ4v) is 2.82. The highest BCUT2D eigenvalue weighted by Crippen LogP contribution is 2.30. The largest absolute Gasteiger partial charge is 0.326 e. The van der Waals surface area contributed by atoms with E-state index < -0.39 is 0 Å². The summed E-state index contributed by atoms with van der Waals surface area (Å²) in [5.74, 6) is 0.0349. The summed E-state index contributed by atoms with van der Waals surface area (Å²) in [4.78, 5) is 12.0. The second-order valence-electron chi connectivity index (χ2n) is 5.74. The smallest absolute Gasteiger partial charge is 0.226 e. The normalized spacial score (nSPS) is 17.4. The molecular weight excluding hydrogens is 236 g/mol. The second kappa shape index (κ2) is 6.20. The number of anilines is 1. The van der Waals surface area contributed by atoms with Gasteiger partial charge in [0, 0.05) is 17.6 Å². The lowest BCUT2D eigenvalue weighted by Crippen LogP contribution is -2.40. The third-order valence-electron chi connectivity index (χ3n) is 3.89. The Morgan fingerprint density at radius 3 is 2.47 bits per heavy atom. The van der Waals surface area contributed by atoms with Crippen LogP contribution in [0.25, 0.3) is 0 Å². The molecule has 3 heteroatoms. The summed E-state index contributed by atoms with van der Waals surface area (Å²) in [7, 11) is 0. The lowest BCUT2D eigenvalue weighted by Gasteiger charge is -2.22. The Labute approximate surface area is 115 Å². The molecular formula is C16H24N2O. The molecule has 0 atom stereocenters. The zero-order chi connectivity index (χ0) is 13.7. The molecule has 2 rings (SSSR count). The number of rotatable bonds is 5. The molecule has 3 nitrogen and oxygen atoms in total. The van der Waals surface area contributed by atoms with Gasteiger partial charge in [-0.15, -0.1) is 0 Å². The number of carbonyl (C=O) groups is 1. The van der Waals surface area contributed by atoms with Crippen molar-refractivity contribution in [2.24, 2.45) is 5.73 Å². The van der Waals surface area contributed by atoms with Crippen LogP contribution in [-0.4, -0.2) is 11.4 Å². The van der Waals surface area contributed by atoms with Crippen LogP contribution in [0.3, 0.4) is 0 Å². The van der Waals surface area contributed by atoms with Gasteiger partial charge in [-0.3, -0.25) is 4.79 Å². The van der Waals surface area contributed by atoms with Crippen molar-refractivity contribution in [3.63, 3.8) is 0 Å². The number of nitrogens with one attached hydrogen (secondary N) is 1. The Morgan fingerprint density at radius 1 is 1.26 bits per heavy atom. The molecule has 1 aromatic carbocycles. The van der Waals surface area contributed by atoms with Gasteiger partial charge in [-0.25, -0.2) is 0 Å². The van der Waals surface area contributed by atoms with Gasteiger partial charge in [0.15, 0.2) is 0 Å². The fraction of sp³-hybridized carbons (Fsp3) is 0.562. The minimum atomic E-state index is -0.272.